The quantitative estimate of drug-likeness (QED) is 0.705. The number of nitrogens with one attached hydrogen (secondary N) is 1. The van der Waals surface area contributed by atoms with Crippen molar-refractivity contribution < 1.29 is 9.21 Å². The van der Waals surface area contributed by atoms with Crippen LogP contribution in [0.15, 0.2) is 45.7 Å². The van der Waals surface area contributed by atoms with E-state index in [1.54, 1.807) is 23.8 Å². The zero-order valence-corrected chi connectivity index (χ0v) is 16.3. The van der Waals surface area contributed by atoms with Gasteiger partial charge in [-0.05, 0) is 43.9 Å². The summed E-state index contributed by atoms with van der Waals surface area (Å²) in [7, 11) is 0. The molecule has 1 amide bonds. The highest BCUT2D eigenvalue weighted by Crippen LogP contribution is 2.24. The predicted octanol–water partition coefficient (Wildman–Crippen LogP) is 4.37. The van der Waals surface area contributed by atoms with Gasteiger partial charge in [0.05, 0.1) is 17.0 Å². The molecule has 0 aliphatic heterocycles. The minimum absolute atomic E-state index is 0.172. The van der Waals surface area contributed by atoms with E-state index in [9.17, 15) is 9.59 Å². The molecule has 0 saturated heterocycles. The van der Waals surface area contributed by atoms with Crippen LogP contribution in [0.1, 0.15) is 60.5 Å². The van der Waals surface area contributed by atoms with E-state index in [1.807, 2.05) is 26.0 Å². The largest absolute Gasteiger partial charge is 0.460 e. The molecule has 0 aliphatic carbocycles. The summed E-state index contributed by atoms with van der Waals surface area (Å²) < 4.78 is 7.30. The summed E-state index contributed by atoms with van der Waals surface area (Å²) in [6.07, 6.45) is 3.54. The first kappa shape index (κ1) is 19.0. The van der Waals surface area contributed by atoms with Crippen molar-refractivity contribution in [2.45, 2.75) is 53.1 Å². The normalized spacial score (nSPS) is 12.3. The van der Waals surface area contributed by atoms with E-state index in [-0.39, 0.29) is 17.5 Å². The van der Waals surface area contributed by atoms with Gasteiger partial charge in [-0.3, -0.25) is 9.59 Å². The Morgan fingerprint density at radius 3 is 2.52 bits per heavy atom. The van der Waals surface area contributed by atoms with Crippen LogP contribution in [0.4, 0.5) is 0 Å². The maximum absolute atomic E-state index is 12.9. The topological polar surface area (TPSA) is 64.2 Å². The molecule has 27 heavy (non-hydrogen) atoms. The number of hydrogen-bond acceptors (Lipinski definition) is 3. The number of benzene rings is 1. The Kier molecular flexibility index (Phi) is 5.49. The van der Waals surface area contributed by atoms with E-state index < -0.39 is 0 Å². The lowest BCUT2D eigenvalue weighted by molar-refractivity contribution is 0.0939. The number of amides is 1. The summed E-state index contributed by atoms with van der Waals surface area (Å²) in [5.74, 6) is 0.173. The van der Waals surface area contributed by atoms with Crippen molar-refractivity contribution in [2.24, 2.45) is 0 Å². The first-order chi connectivity index (χ1) is 13.0. The lowest BCUT2D eigenvalue weighted by Gasteiger charge is -2.15. The molecule has 0 saturated carbocycles. The van der Waals surface area contributed by atoms with Crippen LogP contribution in [0, 0.1) is 6.92 Å². The van der Waals surface area contributed by atoms with Crippen LogP contribution in [0.2, 0.25) is 0 Å². The molecule has 0 radical (unpaired) electrons. The van der Waals surface area contributed by atoms with Crippen molar-refractivity contribution >= 4 is 16.9 Å². The summed E-state index contributed by atoms with van der Waals surface area (Å²) >= 11 is 0. The van der Waals surface area contributed by atoms with Crippen molar-refractivity contribution in [3.63, 3.8) is 0 Å². The lowest BCUT2D eigenvalue weighted by Crippen LogP contribution is -2.28. The Balaban J connectivity index is 1.93. The van der Waals surface area contributed by atoms with Gasteiger partial charge in [-0.2, -0.15) is 0 Å². The van der Waals surface area contributed by atoms with Crippen LogP contribution in [0.25, 0.3) is 11.0 Å². The third kappa shape index (κ3) is 3.68. The summed E-state index contributed by atoms with van der Waals surface area (Å²) in [5.41, 5.74) is 2.88. The Morgan fingerprint density at radius 1 is 1.19 bits per heavy atom. The second-order valence-electron chi connectivity index (χ2n) is 6.88. The molecule has 5 heteroatoms. The number of aromatic nitrogens is 1. The number of carbonyl (C=O) groups excluding carboxylic acids is 1. The summed E-state index contributed by atoms with van der Waals surface area (Å²) in [6.45, 7) is 8.39. The highest BCUT2D eigenvalue weighted by molar-refractivity contribution is 6.07. The van der Waals surface area contributed by atoms with Gasteiger partial charge in [-0.15, -0.1) is 0 Å². The molecule has 1 aromatic carbocycles. The van der Waals surface area contributed by atoms with Crippen LogP contribution < -0.4 is 10.9 Å². The highest BCUT2D eigenvalue weighted by atomic mass is 16.3. The minimum atomic E-state index is -0.287. The van der Waals surface area contributed by atoms with E-state index in [0.717, 1.165) is 18.4 Å². The fraction of sp³-hybridized carbons (Fsp3) is 0.364. The Bertz CT molecular complexity index is 1010. The second kappa shape index (κ2) is 7.82. The van der Waals surface area contributed by atoms with Gasteiger partial charge in [-0.25, -0.2) is 0 Å². The van der Waals surface area contributed by atoms with Crippen LogP contribution in [-0.4, -0.2) is 10.5 Å². The maximum atomic E-state index is 12.9. The number of carbonyl (C=O) groups is 1. The van der Waals surface area contributed by atoms with Gasteiger partial charge in [0.15, 0.2) is 0 Å². The molecule has 0 spiro atoms. The molecule has 1 N–H and O–H groups in total. The lowest BCUT2D eigenvalue weighted by atomic mass is 10.0. The van der Waals surface area contributed by atoms with E-state index in [4.69, 9.17) is 4.42 Å². The first-order valence-electron chi connectivity index (χ1n) is 9.48. The number of fused-ring (bicyclic) bond motifs is 1. The maximum Gasteiger partial charge on any atom is 0.262 e. The SMILES string of the molecule is CCCn1ccc2oc(C)c(C(=O)NC(C)c3ccc(CC)cc3)c2c1=O. The molecule has 5 nitrogen and oxygen atoms in total. The highest BCUT2D eigenvalue weighted by Gasteiger charge is 2.23. The molecule has 0 aliphatic rings. The van der Waals surface area contributed by atoms with Gasteiger partial charge in [-0.1, -0.05) is 38.1 Å². The molecule has 0 bridgehead atoms. The summed E-state index contributed by atoms with van der Waals surface area (Å²) in [6, 6.07) is 9.77. The average Bonchev–Trinajstić information content (AvgIpc) is 3.01. The molecule has 3 rings (SSSR count). The van der Waals surface area contributed by atoms with Gasteiger partial charge < -0.3 is 14.3 Å². The molecule has 1 atom stereocenters. The molecule has 2 heterocycles. The van der Waals surface area contributed by atoms with Gasteiger partial charge in [0.2, 0.25) is 0 Å². The van der Waals surface area contributed by atoms with Gasteiger partial charge in [0, 0.05) is 12.7 Å². The number of rotatable bonds is 6. The van der Waals surface area contributed by atoms with Gasteiger partial charge >= 0.3 is 0 Å². The zero-order valence-electron chi connectivity index (χ0n) is 16.3. The fourth-order valence-electron chi connectivity index (χ4n) is 3.35. The number of hydrogen-bond donors (Lipinski definition) is 1. The summed E-state index contributed by atoms with van der Waals surface area (Å²) in [4.78, 5) is 25.8. The summed E-state index contributed by atoms with van der Waals surface area (Å²) in [5, 5.41) is 3.36. The Labute approximate surface area is 159 Å². The van der Waals surface area contributed by atoms with Crippen molar-refractivity contribution in [3.05, 3.63) is 69.3 Å². The van der Waals surface area contributed by atoms with E-state index in [0.29, 0.717) is 28.8 Å². The molecule has 0 fully saturated rings. The fourth-order valence-corrected chi connectivity index (χ4v) is 3.35. The standard InChI is InChI=1S/C22H26N2O3/c1-5-12-24-13-11-18-20(22(24)26)19(15(4)27-18)21(25)23-14(3)17-9-7-16(6-2)8-10-17/h7-11,13-14H,5-6,12H2,1-4H3,(H,23,25). The Morgan fingerprint density at radius 2 is 1.89 bits per heavy atom. The third-order valence-electron chi connectivity index (χ3n) is 4.92. The monoisotopic (exact) mass is 366 g/mol. The molecule has 1 unspecified atom stereocenters. The first-order valence-corrected chi connectivity index (χ1v) is 9.48. The zero-order chi connectivity index (χ0) is 19.6. The number of nitrogens with zero attached hydrogens (tertiary/aromatic N) is 1. The second-order valence-corrected chi connectivity index (χ2v) is 6.88. The predicted molar refractivity (Wildman–Crippen MR) is 107 cm³/mol. The molecular formula is C22H26N2O3. The van der Waals surface area contributed by atoms with Crippen molar-refractivity contribution in [2.75, 3.05) is 0 Å². The molecule has 2 aromatic heterocycles. The minimum Gasteiger partial charge on any atom is -0.460 e. The van der Waals surface area contributed by atoms with Crippen molar-refractivity contribution in [3.8, 4) is 0 Å². The average molecular weight is 366 g/mol. The smallest absolute Gasteiger partial charge is 0.262 e. The Hall–Kier alpha value is -2.82. The number of aryl methyl sites for hydroxylation is 3. The van der Waals surface area contributed by atoms with Crippen LogP contribution in [0.3, 0.4) is 0 Å². The van der Waals surface area contributed by atoms with Crippen LogP contribution in [0.5, 0.6) is 0 Å². The molecule has 3 aromatic rings. The van der Waals surface area contributed by atoms with E-state index in [2.05, 4.69) is 24.4 Å². The van der Waals surface area contributed by atoms with Crippen LogP contribution >= 0.6 is 0 Å². The number of pyridine rings is 1. The van der Waals surface area contributed by atoms with Crippen molar-refractivity contribution in [1.29, 1.82) is 0 Å². The third-order valence-corrected chi connectivity index (χ3v) is 4.92. The van der Waals surface area contributed by atoms with Crippen molar-refractivity contribution in [1.82, 2.24) is 9.88 Å². The van der Waals surface area contributed by atoms with E-state index in [1.165, 1.54) is 5.56 Å². The molecular weight excluding hydrogens is 340 g/mol. The van der Waals surface area contributed by atoms with Gasteiger partial charge in [0.25, 0.3) is 11.5 Å². The van der Waals surface area contributed by atoms with Crippen LogP contribution in [-0.2, 0) is 13.0 Å². The molecule has 142 valence electrons. The number of furan rings is 1. The van der Waals surface area contributed by atoms with Gasteiger partial charge in [0.1, 0.15) is 11.3 Å². The van der Waals surface area contributed by atoms with E-state index >= 15 is 0 Å².